The molecule has 0 aliphatic rings. The first-order chi connectivity index (χ1) is 2.00. The number of carbonyl (C=O) groups excluding carboxylic acids is 2. The summed E-state index contributed by atoms with van der Waals surface area (Å²) in [4.78, 5) is 15.8. The van der Waals surface area contributed by atoms with Crippen LogP contribution in [0, 0.1) is 0 Å². The number of rotatable bonds is 0. The molecule has 4 heteroatoms. The average Bonchev–Trinajstić information content (AvgIpc) is 1.50. The molecule has 0 saturated carbocycles. The molecular formula is C2H3CoFeO2-. The maximum Gasteiger partial charge on any atom is 0.106 e. The summed E-state index contributed by atoms with van der Waals surface area (Å²) in [6.45, 7) is 5.25. The van der Waals surface area contributed by atoms with Gasteiger partial charge in [0.25, 0.3) is 0 Å². The Labute approximate surface area is 57.3 Å². The van der Waals surface area contributed by atoms with Crippen LogP contribution in [-0.4, -0.2) is 13.6 Å². The quantitative estimate of drug-likeness (QED) is 0.282. The van der Waals surface area contributed by atoms with Gasteiger partial charge >= 0.3 is 0 Å². The Bertz CT molecular complexity index is 13.5. The van der Waals surface area contributed by atoms with Crippen LogP contribution >= 0.6 is 0 Å². The van der Waals surface area contributed by atoms with Gasteiger partial charge in [0.15, 0.2) is 0 Å². The van der Waals surface area contributed by atoms with Gasteiger partial charge < -0.3 is 9.59 Å². The molecule has 0 aromatic carbocycles. The minimum absolute atomic E-state index is 0. The summed E-state index contributed by atoms with van der Waals surface area (Å²) < 4.78 is 0. The molecule has 0 rings (SSSR count). The summed E-state index contributed by atoms with van der Waals surface area (Å²) in [5, 5.41) is 0. The van der Waals surface area contributed by atoms with Crippen LogP contribution in [0.1, 0.15) is 0 Å². The number of hydrogen-bond donors (Lipinski definition) is 0. The number of hydrogen-bond acceptors (Lipinski definition) is 2. The fraction of sp³-hybridized carbons (Fsp3) is 0. The van der Waals surface area contributed by atoms with Crippen molar-refractivity contribution >= 4 is 13.6 Å². The van der Waals surface area contributed by atoms with Gasteiger partial charge in [-0.3, -0.25) is 6.79 Å². The van der Waals surface area contributed by atoms with E-state index in [9.17, 15) is 0 Å². The smallest absolute Gasteiger partial charge is 0.106 e. The van der Waals surface area contributed by atoms with Crippen molar-refractivity contribution < 1.29 is 43.4 Å². The fourth-order valence-corrected chi connectivity index (χ4v) is 0. The molecule has 6 heavy (non-hydrogen) atoms. The molecule has 0 bridgehead atoms. The standard InChI is InChI=1S/CH2O.CHO.Co.Fe/c2*1-2;;/h1H2;1H;;/q;-1;;. The zero-order chi connectivity index (χ0) is 4.00. The van der Waals surface area contributed by atoms with E-state index in [0.29, 0.717) is 0 Å². The van der Waals surface area contributed by atoms with Crippen molar-refractivity contribution in [3.8, 4) is 0 Å². The van der Waals surface area contributed by atoms with Gasteiger partial charge in [0.1, 0.15) is 6.79 Å². The molecule has 0 aliphatic carbocycles. The van der Waals surface area contributed by atoms with Crippen LogP contribution in [0.3, 0.4) is 0 Å². The molecule has 0 spiro atoms. The second-order valence-corrected chi connectivity index (χ2v) is 0. The topological polar surface area (TPSA) is 34.1 Å². The Balaban J connectivity index is -0.00000000500. The Kier molecular flexibility index (Phi) is 4170. The summed E-state index contributed by atoms with van der Waals surface area (Å²) in [7, 11) is 0. The molecule has 0 unspecified atom stereocenters. The minimum atomic E-state index is 0. The summed E-state index contributed by atoms with van der Waals surface area (Å²) in [5.41, 5.74) is 0. The van der Waals surface area contributed by atoms with Crippen molar-refractivity contribution in [1.82, 2.24) is 0 Å². The molecule has 41 valence electrons. The molecule has 0 amide bonds. The van der Waals surface area contributed by atoms with Gasteiger partial charge in [-0.05, 0) is 0 Å². The summed E-state index contributed by atoms with van der Waals surface area (Å²) >= 11 is 0. The average molecular weight is 174 g/mol. The van der Waals surface area contributed by atoms with Crippen molar-refractivity contribution in [3.05, 3.63) is 0 Å². The second-order valence-electron chi connectivity index (χ2n) is 0. The maximum absolute atomic E-state index is 8.00. The Morgan fingerprint density at radius 3 is 1.17 bits per heavy atom. The van der Waals surface area contributed by atoms with E-state index in [1.165, 1.54) is 0 Å². The first kappa shape index (κ1) is 32.7. The third-order valence-corrected chi connectivity index (χ3v) is 0. The maximum atomic E-state index is 8.00. The number of carbonyl (C=O) groups is 1. The van der Waals surface area contributed by atoms with Gasteiger partial charge in [-0.2, -0.15) is 0 Å². The van der Waals surface area contributed by atoms with Crippen molar-refractivity contribution in [2.45, 2.75) is 0 Å². The Hall–Kier alpha value is 0.366. The van der Waals surface area contributed by atoms with E-state index in [4.69, 9.17) is 9.59 Å². The predicted octanol–water partition coefficient (Wildman–Crippen LogP) is -0.464. The zero-order valence-corrected chi connectivity index (χ0v) is 4.93. The first-order valence-corrected chi connectivity index (χ1v) is 0.524. The second kappa shape index (κ2) is 764. The molecule has 0 aromatic heterocycles. The SMILES string of the molecule is C=O.[CH-]=O.[Co].[Fe]. The molecule has 0 N–H and O–H groups in total. The fourth-order valence-electron chi connectivity index (χ4n) is 0. The summed E-state index contributed by atoms with van der Waals surface area (Å²) in [5.74, 6) is 0. The molecule has 0 aromatic rings. The molecular weight excluding hydrogens is 171 g/mol. The Morgan fingerprint density at radius 2 is 1.17 bits per heavy atom. The summed E-state index contributed by atoms with van der Waals surface area (Å²) in [6, 6.07) is 0. The molecule has 0 heterocycles. The molecule has 1 radical (unpaired) electrons. The monoisotopic (exact) mass is 174 g/mol. The van der Waals surface area contributed by atoms with E-state index in [1.54, 1.807) is 0 Å². The van der Waals surface area contributed by atoms with E-state index >= 15 is 0 Å². The van der Waals surface area contributed by atoms with E-state index in [1.807, 2.05) is 6.79 Å². The van der Waals surface area contributed by atoms with Gasteiger partial charge in [0.05, 0.1) is 0 Å². The van der Waals surface area contributed by atoms with Crippen LogP contribution in [0.5, 0.6) is 0 Å². The van der Waals surface area contributed by atoms with Crippen molar-refractivity contribution in [3.63, 3.8) is 0 Å². The van der Waals surface area contributed by atoms with E-state index < -0.39 is 0 Å². The third kappa shape index (κ3) is 369. The predicted molar refractivity (Wildman–Crippen MR) is 13.9 cm³/mol. The van der Waals surface area contributed by atoms with Crippen LogP contribution in [0.25, 0.3) is 0 Å². The zero-order valence-electron chi connectivity index (χ0n) is 2.79. The van der Waals surface area contributed by atoms with Gasteiger partial charge in [-0.15, -0.1) is 0 Å². The van der Waals surface area contributed by atoms with E-state index in [0.717, 1.165) is 0 Å². The van der Waals surface area contributed by atoms with Gasteiger partial charge in [0, 0.05) is 33.8 Å². The van der Waals surface area contributed by atoms with E-state index in [-0.39, 0.29) is 33.8 Å². The van der Waals surface area contributed by atoms with Crippen LogP contribution in [-0.2, 0) is 43.4 Å². The first-order valence-electron chi connectivity index (χ1n) is 0.524. The van der Waals surface area contributed by atoms with E-state index in [2.05, 4.69) is 6.79 Å². The Morgan fingerprint density at radius 1 is 1.17 bits per heavy atom. The van der Waals surface area contributed by atoms with Crippen molar-refractivity contribution in [2.24, 2.45) is 0 Å². The minimum Gasteiger partial charge on any atom is -0.545 e. The molecule has 0 atom stereocenters. The van der Waals surface area contributed by atoms with Gasteiger partial charge in [-0.25, -0.2) is 0 Å². The van der Waals surface area contributed by atoms with Crippen LogP contribution in [0.4, 0.5) is 0 Å². The molecule has 0 aliphatic heterocycles. The largest absolute Gasteiger partial charge is 0.545 e. The molecule has 0 saturated heterocycles. The third-order valence-electron chi connectivity index (χ3n) is 0. The molecule has 0 fully saturated rings. The van der Waals surface area contributed by atoms with Crippen molar-refractivity contribution in [2.75, 3.05) is 0 Å². The van der Waals surface area contributed by atoms with Crippen LogP contribution < -0.4 is 0 Å². The summed E-state index contributed by atoms with van der Waals surface area (Å²) in [6.07, 6.45) is 0. The van der Waals surface area contributed by atoms with Crippen molar-refractivity contribution in [1.29, 1.82) is 0 Å². The van der Waals surface area contributed by atoms with Gasteiger partial charge in [-0.1, -0.05) is 0 Å². The van der Waals surface area contributed by atoms with Crippen LogP contribution in [0.15, 0.2) is 0 Å². The normalized spacial score (nSPS) is 1.33. The van der Waals surface area contributed by atoms with Gasteiger partial charge in [0.2, 0.25) is 0 Å². The van der Waals surface area contributed by atoms with Crippen LogP contribution in [0.2, 0.25) is 0 Å². The molecule has 2 nitrogen and oxygen atoms in total.